The van der Waals surface area contributed by atoms with Crippen molar-refractivity contribution in [2.24, 2.45) is 0 Å². The zero-order valence-corrected chi connectivity index (χ0v) is 16.8. The highest BCUT2D eigenvalue weighted by molar-refractivity contribution is 7.89. The fourth-order valence-electron chi connectivity index (χ4n) is 2.29. The molecule has 0 unspecified atom stereocenters. The second-order valence-electron chi connectivity index (χ2n) is 6.08. The number of carbonyl (C=O) groups excluding carboxylic acids is 1. The quantitative estimate of drug-likeness (QED) is 0.549. The number of benzene rings is 1. The van der Waals surface area contributed by atoms with E-state index in [-0.39, 0.29) is 36.1 Å². The summed E-state index contributed by atoms with van der Waals surface area (Å²) in [6.45, 7) is 1.77. The number of sulfonamides is 1. The minimum Gasteiger partial charge on any atom is -0.452 e. The van der Waals surface area contributed by atoms with Crippen LogP contribution in [0.4, 0.5) is 5.69 Å². The fourth-order valence-corrected chi connectivity index (χ4v) is 3.22. The summed E-state index contributed by atoms with van der Waals surface area (Å²) in [5, 5.41) is 15.6. The second-order valence-corrected chi connectivity index (χ2v) is 8.23. The van der Waals surface area contributed by atoms with Gasteiger partial charge >= 0.3 is 5.97 Å². The summed E-state index contributed by atoms with van der Waals surface area (Å²) in [6.07, 6.45) is 1.50. The van der Waals surface area contributed by atoms with E-state index in [2.05, 4.69) is 15.5 Å². The van der Waals surface area contributed by atoms with Crippen molar-refractivity contribution in [3.63, 3.8) is 0 Å². The topological polar surface area (TPSA) is 135 Å². The minimum atomic E-state index is -3.73. The van der Waals surface area contributed by atoms with E-state index in [1.165, 1.54) is 32.3 Å². The third-order valence-corrected chi connectivity index (χ3v) is 5.54. The minimum absolute atomic E-state index is 0.0182. The summed E-state index contributed by atoms with van der Waals surface area (Å²) >= 11 is 0. The summed E-state index contributed by atoms with van der Waals surface area (Å²) in [4.78, 5) is 16.6. The molecular formula is C17H24N4O6S. The predicted molar refractivity (Wildman–Crippen MR) is 100 cm³/mol. The van der Waals surface area contributed by atoms with Crippen molar-refractivity contribution in [1.29, 1.82) is 0 Å². The number of aromatic nitrogens is 2. The summed E-state index contributed by atoms with van der Waals surface area (Å²) in [5.41, 5.74) is 0.360. The van der Waals surface area contributed by atoms with E-state index in [1.807, 2.05) is 6.92 Å². The maximum Gasteiger partial charge on any atom is 0.340 e. The van der Waals surface area contributed by atoms with Crippen LogP contribution in [0.15, 0.2) is 27.6 Å². The van der Waals surface area contributed by atoms with Crippen LogP contribution in [0.2, 0.25) is 0 Å². The zero-order valence-electron chi connectivity index (χ0n) is 16.0. The molecule has 0 atom stereocenters. The lowest BCUT2D eigenvalue weighted by Gasteiger charge is -2.15. The molecule has 0 bridgehead atoms. The van der Waals surface area contributed by atoms with Gasteiger partial charge in [0, 0.05) is 32.7 Å². The summed E-state index contributed by atoms with van der Waals surface area (Å²) in [7, 11) is -0.938. The monoisotopic (exact) mass is 412 g/mol. The van der Waals surface area contributed by atoms with Gasteiger partial charge in [-0.25, -0.2) is 17.5 Å². The maximum absolute atomic E-state index is 12.6. The Bertz CT molecular complexity index is 910. The van der Waals surface area contributed by atoms with Crippen LogP contribution in [0.1, 0.15) is 35.4 Å². The van der Waals surface area contributed by atoms with Crippen LogP contribution in [0.3, 0.4) is 0 Å². The molecule has 28 heavy (non-hydrogen) atoms. The highest BCUT2D eigenvalue weighted by Gasteiger charge is 2.22. The van der Waals surface area contributed by atoms with Crippen molar-refractivity contribution < 1.29 is 27.6 Å². The number of nitrogens with zero attached hydrogens (tertiary/aromatic N) is 3. The molecule has 2 rings (SSSR count). The number of rotatable bonds is 10. The van der Waals surface area contributed by atoms with E-state index in [9.17, 15) is 13.2 Å². The van der Waals surface area contributed by atoms with Crippen molar-refractivity contribution in [3.05, 3.63) is 35.5 Å². The highest BCUT2D eigenvalue weighted by Crippen LogP contribution is 2.23. The number of esters is 1. The average Bonchev–Trinajstić information content (AvgIpc) is 3.12. The third kappa shape index (κ3) is 5.27. The first-order chi connectivity index (χ1) is 13.3. The maximum atomic E-state index is 12.6. The van der Waals surface area contributed by atoms with Gasteiger partial charge in [-0.05, 0) is 24.6 Å². The largest absolute Gasteiger partial charge is 0.452 e. The van der Waals surface area contributed by atoms with Crippen molar-refractivity contribution in [2.75, 3.05) is 32.6 Å². The standard InChI is InChI=1S/C17H24N4O6S/c1-4-5-15-19-16(27-20-15)11-26-17(23)13-10-12(28(24,25)21(2)3)6-7-14(13)18-8-9-22/h6-7,10,18,22H,4-5,8-9,11H2,1-3H3. The van der Waals surface area contributed by atoms with Gasteiger partial charge in [0.1, 0.15) is 0 Å². The molecule has 0 aliphatic carbocycles. The summed E-state index contributed by atoms with van der Waals surface area (Å²) < 4.78 is 36.0. The van der Waals surface area contributed by atoms with Crippen molar-refractivity contribution in [2.45, 2.75) is 31.3 Å². The molecule has 0 saturated heterocycles. The number of carbonyl (C=O) groups is 1. The van der Waals surface area contributed by atoms with Crippen molar-refractivity contribution in [1.82, 2.24) is 14.4 Å². The molecule has 0 saturated carbocycles. The van der Waals surface area contributed by atoms with Gasteiger partial charge in [0.05, 0.1) is 17.1 Å². The Morgan fingerprint density at radius 1 is 1.36 bits per heavy atom. The number of nitrogens with one attached hydrogen (secondary N) is 1. The molecule has 0 aliphatic rings. The molecule has 10 nitrogen and oxygen atoms in total. The Hall–Kier alpha value is -2.50. The van der Waals surface area contributed by atoms with Crippen LogP contribution >= 0.6 is 0 Å². The average molecular weight is 412 g/mol. The Morgan fingerprint density at radius 3 is 2.75 bits per heavy atom. The molecule has 11 heteroatoms. The summed E-state index contributed by atoms with van der Waals surface area (Å²) in [6, 6.07) is 4.06. The van der Waals surface area contributed by atoms with Crippen LogP contribution in [0.5, 0.6) is 0 Å². The van der Waals surface area contributed by atoms with Crippen LogP contribution in [-0.4, -0.2) is 61.2 Å². The van der Waals surface area contributed by atoms with Gasteiger partial charge in [-0.1, -0.05) is 12.1 Å². The zero-order chi connectivity index (χ0) is 20.7. The molecule has 2 aromatic rings. The van der Waals surface area contributed by atoms with Gasteiger partial charge < -0.3 is 19.7 Å². The third-order valence-electron chi connectivity index (χ3n) is 3.73. The Labute approximate surface area is 163 Å². The number of hydrogen-bond acceptors (Lipinski definition) is 9. The summed E-state index contributed by atoms with van der Waals surface area (Å²) in [5.74, 6) is -0.0804. The Balaban J connectivity index is 2.24. The van der Waals surface area contributed by atoms with Gasteiger partial charge in [0.15, 0.2) is 12.4 Å². The predicted octanol–water partition coefficient (Wildman–Crippen LogP) is 1.03. The van der Waals surface area contributed by atoms with Gasteiger partial charge in [0.25, 0.3) is 5.89 Å². The molecule has 0 aliphatic heterocycles. The van der Waals surface area contributed by atoms with Crippen LogP contribution < -0.4 is 5.32 Å². The van der Waals surface area contributed by atoms with Crippen molar-refractivity contribution in [3.8, 4) is 0 Å². The molecule has 1 aromatic heterocycles. The SMILES string of the molecule is CCCc1noc(COC(=O)c2cc(S(=O)(=O)N(C)C)ccc2NCCO)n1. The molecule has 154 valence electrons. The molecule has 0 spiro atoms. The van der Waals surface area contributed by atoms with Crippen LogP contribution in [-0.2, 0) is 27.8 Å². The molecule has 0 radical (unpaired) electrons. The van der Waals surface area contributed by atoms with E-state index in [1.54, 1.807) is 0 Å². The smallest absolute Gasteiger partial charge is 0.340 e. The van der Waals surface area contributed by atoms with E-state index in [4.69, 9.17) is 14.4 Å². The Kier molecular flexibility index (Phi) is 7.49. The second kappa shape index (κ2) is 9.62. The number of hydrogen-bond donors (Lipinski definition) is 2. The number of ether oxygens (including phenoxy) is 1. The highest BCUT2D eigenvalue weighted by atomic mass is 32.2. The van der Waals surface area contributed by atoms with Crippen LogP contribution in [0, 0.1) is 0 Å². The number of aliphatic hydroxyl groups excluding tert-OH is 1. The van der Waals surface area contributed by atoms with E-state index < -0.39 is 16.0 Å². The van der Waals surface area contributed by atoms with Crippen LogP contribution in [0.25, 0.3) is 0 Å². The first-order valence-electron chi connectivity index (χ1n) is 8.69. The van der Waals surface area contributed by atoms with Crippen molar-refractivity contribution >= 4 is 21.7 Å². The normalized spacial score (nSPS) is 11.6. The number of aliphatic hydroxyl groups is 1. The van der Waals surface area contributed by atoms with E-state index in [0.717, 1.165) is 10.7 Å². The first kappa shape index (κ1) is 21.8. The number of aryl methyl sites for hydroxylation is 1. The lowest BCUT2D eigenvalue weighted by Crippen LogP contribution is -2.23. The molecule has 1 heterocycles. The Morgan fingerprint density at radius 2 is 2.11 bits per heavy atom. The lowest BCUT2D eigenvalue weighted by atomic mass is 10.2. The molecule has 1 aromatic carbocycles. The van der Waals surface area contributed by atoms with Gasteiger partial charge in [-0.15, -0.1) is 0 Å². The molecule has 2 N–H and O–H groups in total. The van der Waals surface area contributed by atoms with Gasteiger partial charge in [0.2, 0.25) is 10.0 Å². The lowest BCUT2D eigenvalue weighted by molar-refractivity contribution is 0.0430. The molecular weight excluding hydrogens is 388 g/mol. The fraction of sp³-hybridized carbons (Fsp3) is 0.471. The van der Waals surface area contributed by atoms with E-state index in [0.29, 0.717) is 17.9 Å². The van der Waals surface area contributed by atoms with E-state index >= 15 is 0 Å². The first-order valence-corrected chi connectivity index (χ1v) is 10.1. The van der Waals surface area contributed by atoms with Gasteiger partial charge in [-0.2, -0.15) is 4.98 Å². The molecule has 0 amide bonds. The van der Waals surface area contributed by atoms with Gasteiger partial charge in [-0.3, -0.25) is 0 Å². The number of anilines is 1. The molecule has 0 fully saturated rings.